The van der Waals surface area contributed by atoms with Crippen molar-refractivity contribution in [2.24, 2.45) is 0 Å². The van der Waals surface area contributed by atoms with E-state index in [-0.39, 0.29) is 11.5 Å². The Kier molecular flexibility index (Phi) is 3.98. The summed E-state index contributed by atoms with van der Waals surface area (Å²) in [6.45, 7) is 1.45. The van der Waals surface area contributed by atoms with Gasteiger partial charge in [0.25, 0.3) is 5.69 Å². The molecule has 1 aromatic carbocycles. The molecule has 1 aromatic rings. The topological polar surface area (TPSA) is 60.2 Å². The van der Waals surface area contributed by atoms with Crippen molar-refractivity contribution in [1.82, 2.24) is 0 Å². The normalized spacial score (nSPS) is 12.2. The molecule has 0 aliphatic rings. The molecule has 1 atom stereocenters. The third-order valence-corrected chi connectivity index (χ3v) is 3.63. The number of benzene rings is 1. The van der Waals surface area contributed by atoms with E-state index in [1.807, 2.05) is 0 Å². The highest BCUT2D eigenvalue weighted by atomic mass is 79.9. The highest BCUT2D eigenvalue weighted by Gasteiger charge is 2.17. The van der Waals surface area contributed by atoms with Gasteiger partial charge in [0, 0.05) is 6.07 Å². The van der Waals surface area contributed by atoms with Crippen molar-refractivity contribution in [1.29, 1.82) is 0 Å². The number of nitrogens with zero attached hydrogens (tertiary/aromatic N) is 1. The second-order valence-electron chi connectivity index (χ2n) is 2.94. The number of alkyl halides is 1. The predicted molar refractivity (Wildman–Crippen MR) is 63.1 cm³/mol. The van der Waals surface area contributed by atoms with Crippen LogP contribution in [0.1, 0.15) is 17.3 Å². The standard InChI is InChI=1S/C9H7Br2NO3/c1-5(13)9(11)6-2-3-8(12(14)15)7(10)4-6/h2-4,9H,1H3. The maximum atomic E-state index is 11.1. The maximum absolute atomic E-state index is 11.1. The van der Waals surface area contributed by atoms with Gasteiger partial charge in [-0.3, -0.25) is 14.9 Å². The van der Waals surface area contributed by atoms with Crippen LogP contribution >= 0.6 is 31.9 Å². The Balaban J connectivity index is 3.12. The van der Waals surface area contributed by atoms with Crippen molar-refractivity contribution in [3.63, 3.8) is 0 Å². The Hall–Kier alpha value is -0.750. The first-order chi connectivity index (χ1) is 6.93. The van der Waals surface area contributed by atoms with Gasteiger partial charge in [0.2, 0.25) is 0 Å². The first-order valence-electron chi connectivity index (χ1n) is 4.02. The predicted octanol–water partition coefficient (Wildman–Crippen LogP) is 3.38. The van der Waals surface area contributed by atoms with E-state index in [1.54, 1.807) is 12.1 Å². The van der Waals surface area contributed by atoms with Gasteiger partial charge in [-0.15, -0.1) is 0 Å². The smallest absolute Gasteiger partial charge is 0.283 e. The van der Waals surface area contributed by atoms with Gasteiger partial charge in [-0.25, -0.2) is 0 Å². The average Bonchev–Trinajstić information content (AvgIpc) is 2.15. The molecular formula is C9H7Br2NO3. The second kappa shape index (κ2) is 4.85. The summed E-state index contributed by atoms with van der Waals surface area (Å²) in [4.78, 5) is 20.7. The minimum Gasteiger partial charge on any atom is -0.298 e. The Morgan fingerprint density at radius 2 is 2.13 bits per heavy atom. The molecule has 1 rings (SSSR count). The van der Waals surface area contributed by atoms with E-state index in [0.717, 1.165) is 0 Å². The molecule has 0 saturated carbocycles. The van der Waals surface area contributed by atoms with Crippen LogP contribution in [0.15, 0.2) is 22.7 Å². The summed E-state index contributed by atoms with van der Waals surface area (Å²) in [6.07, 6.45) is 0. The Bertz CT molecular complexity index is 420. The summed E-state index contributed by atoms with van der Waals surface area (Å²) in [5.74, 6) is -0.0456. The van der Waals surface area contributed by atoms with E-state index in [4.69, 9.17) is 0 Å². The monoisotopic (exact) mass is 335 g/mol. The Labute approximate surface area is 103 Å². The lowest BCUT2D eigenvalue weighted by Gasteiger charge is -2.06. The van der Waals surface area contributed by atoms with Crippen molar-refractivity contribution in [3.05, 3.63) is 38.3 Å². The summed E-state index contributed by atoms with van der Waals surface area (Å²) in [7, 11) is 0. The molecule has 0 heterocycles. The van der Waals surface area contributed by atoms with Gasteiger partial charge in [-0.05, 0) is 34.5 Å². The fourth-order valence-corrected chi connectivity index (χ4v) is 1.89. The van der Waals surface area contributed by atoms with Crippen molar-refractivity contribution in [2.75, 3.05) is 0 Å². The van der Waals surface area contributed by atoms with Crippen molar-refractivity contribution in [3.8, 4) is 0 Å². The van der Waals surface area contributed by atoms with Crippen molar-refractivity contribution >= 4 is 43.3 Å². The van der Waals surface area contributed by atoms with E-state index in [1.165, 1.54) is 13.0 Å². The molecule has 0 aliphatic carbocycles. The lowest BCUT2D eigenvalue weighted by atomic mass is 10.1. The maximum Gasteiger partial charge on any atom is 0.283 e. The Morgan fingerprint density at radius 3 is 2.53 bits per heavy atom. The zero-order valence-corrected chi connectivity index (χ0v) is 10.9. The quantitative estimate of drug-likeness (QED) is 0.483. The number of Topliss-reactive ketones (excluding diaryl/α,β-unsaturated/α-hetero) is 1. The van der Waals surface area contributed by atoms with Gasteiger partial charge in [-0.1, -0.05) is 22.0 Å². The summed E-state index contributed by atoms with van der Waals surface area (Å²) in [5.41, 5.74) is 0.682. The molecular weight excluding hydrogens is 330 g/mol. The lowest BCUT2D eigenvalue weighted by molar-refractivity contribution is -0.385. The van der Waals surface area contributed by atoms with E-state index in [0.29, 0.717) is 10.0 Å². The van der Waals surface area contributed by atoms with E-state index in [2.05, 4.69) is 31.9 Å². The molecule has 0 amide bonds. The lowest BCUT2D eigenvalue weighted by Crippen LogP contribution is -2.01. The van der Waals surface area contributed by atoms with Crippen LogP contribution in [0.2, 0.25) is 0 Å². The third-order valence-electron chi connectivity index (χ3n) is 1.82. The summed E-state index contributed by atoms with van der Waals surface area (Å²) in [6, 6.07) is 4.50. The number of hydrogen-bond donors (Lipinski definition) is 0. The van der Waals surface area contributed by atoms with Crippen LogP contribution < -0.4 is 0 Å². The molecule has 0 spiro atoms. The molecule has 6 heteroatoms. The molecule has 0 bridgehead atoms. The Morgan fingerprint density at radius 1 is 1.53 bits per heavy atom. The molecule has 15 heavy (non-hydrogen) atoms. The molecule has 0 radical (unpaired) electrons. The number of rotatable bonds is 3. The minimum absolute atomic E-state index is 0.0120. The first-order valence-corrected chi connectivity index (χ1v) is 5.72. The average molecular weight is 337 g/mol. The number of ketones is 1. The first kappa shape index (κ1) is 12.3. The number of halogens is 2. The van der Waals surface area contributed by atoms with Gasteiger partial charge in [0.15, 0.2) is 0 Å². The molecule has 1 unspecified atom stereocenters. The van der Waals surface area contributed by atoms with Gasteiger partial charge in [0.1, 0.15) is 5.78 Å². The van der Waals surface area contributed by atoms with Gasteiger partial charge in [-0.2, -0.15) is 0 Å². The molecule has 0 fully saturated rings. The molecule has 4 nitrogen and oxygen atoms in total. The van der Waals surface area contributed by atoms with Crippen LogP contribution in [0, 0.1) is 10.1 Å². The molecule has 0 aromatic heterocycles. The second-order valence-corrected chi connectivity index (χ2v) is 4.71. The van der Waals surface area contributed by atoms with Crippen LogP contribution in [-0.4, -0.2) is 10.7 Å². The van der Waals surface area contributed by atoms with Gasteiger partial charge < -0.3 is 0 Å². The number of hydrogen-bond acceptors (Lipinski definition) is 3. The molecule has 0 N–H and O–H groups in total. The van der Waals surface area contributed by atoms with Crippen LogP contribution in [0.25, 0.3) is 0 Å². The van der Waals surface area contributed by atoms with Crippen molar-refractivity contribution < 1.29 is 9.72 Å². The summed E-state index contributed by atoms with van der Waals surface area (Å²) >= 11 is 6.30. The van der Waals surface area contributed by atoms with Crippen LogP contribution in [-0.2, 0) is 4.79 Å². The number of carbonyl (C=O) groups is 1. The number of nitro groups is 1. The van der Waals surface area contributed by atoms with Crippen LogP contribution in [0.5, 0.6) is 0 Å². The van der Waals surface area contributed by atoms with Gasteiger partial charge in [0.05, 0.1) is 14.2 Å². The largest absolute Gasteiger partial charge is 0.298 e. The number of nitro benzene ring substituents is 1. The van der Waals surface area contributed by atoms with Crippen molar-refractivity contribution in [2.45, 2.75) is 11.8 Å². The highest BCUT2D eigenvalue weighted by molar-refractivity contribution is 9.10. The molecule has 0 saturated heterocycles. The van der Waals surface area contributed by atoms with E-state index in [9.17, 15) is 14.9 Å². The van der Waals surface area contributed by atoms with Crippen LogP contribution in [0.4, 0.5) is 5.69 Å². The highest BCUT2D eigenvalue weighted by Crippen LogP contribution is 2.31. The SMILES string of the molecule is CC(=O)C(Br)c1ccc([N+](=O)[O-])c(Br)c1. The summed E-state index contributed by atoms with van der Waals surface area (Å²) < 4.78 is 0.371. The van der Waals surface area contributed by atoms with Crippen LogP contribution in [0.3, 0.4) is 0 Å². The van der Waals surface area contributed by atoms with E-state index >= 15 is 0 Å². The fraction of sp³-hybridized carbons (Fsp3) is 0.222. The summed E-state index contributed by atoms with van der Waals surface area (Å²) in [5, 5.41) is 10.5. The molecule has 0 aliphatic heterocycles. The van der Waals surface area contributed by atoms with E-state index < -0.39 is 9.75 Å². The molecule has 80 valence electrons. The third kappa shape index (κ3) is 2.85. The van der Waals surface area contributed by atoms with Gasteiger partial charge >= 0.3 is 0 Å². The minimum atomic E-state index is -0.481. The fourth-order valence-electron chi connectivity index (χ4n) is 1.06. The number of carbonyl (C=O) groups excluding carboxylic acids is 1. The zero-order chi connectivity index (χ0) is 11.6. The zero-order valence-electron chi connectivity index (χ0n) is 7.74.